The van der Waals surface area contributed by atoms with E-state index in [-0.39, 0.29) is 18.0 Å². The molecular weight excluding hydrogens is 470 g/mol. The van der Waals surface area contributed by atoms with Gasteiger partial charge in [0, 0.05) is 41.8 Å². The van der Waals surface area contributed by atoms with Gasteiger partial charge in [0.05, 0.1) is 6.54 Å². The number of benzene rings is 2. The van der Waals surface area contributed by atoms with Crippen molar-refractivity contribution in [3.8, 4) is 11.3 Å². The topological polar surface area (TPSA) is 90.4 Å². The molecule has 3 N–H and O–H groups in total. The minimum Gasteiger partial charge on any atom is -0.364 e. The van der Waals surface area contributed by atoms with Gasteiger partial charge in [-0.25, -0.2) is 4.98 Å². The summed E-state index contributed by atoms with van der Waals surface area (Å²) in [4.78, 5) is 23.5. The van der Waals surface area contributed by atoms with Crippen LogP contribution in [0.4, 0.5) is 10.9 Å². The average molecular weight is 502 g/mol. The maximum atomic E-state index is 12.6. The molecule has 0 saturated heterocycles. The number of likely N-dealkylation sites (N-methyl/N-ethyl adjacent to an activating group) is 1. The van der Waals surface area contributed by atoms with Crippen LogP contribution < -0.4 is 15.5 Å². The van der Waals surface area contributed by atoms with E-state index >= 15 is 0 Å². The first-order chi connectivity index (χ1) is 17.3. The van der Waals surface area contributed by atoms with Crippen molar-refractivity contribution in [2.75, 3.05) is 30.4 Å². The van der Waals surface area contributed by atoms with Crippen molar-refractivity contribution in [2.45, 2.75) is 32.7 Å². The Bertz CT molecular complexity index is 1490. The number of nitrogens with one attached hydrogen (secondary N) is 3. The third-order valence-electron chi connectivity index (χ3n) is 5.83. The van der Waals surface area contributed by atoms with Gasteiger partial charge in [-0.3, -0.25) is 4.79 Å². The van der Waals surface area contributed by atoms with Gasteiger partial charge in [-0.2, -0.15) is 4.52 Å². The first-order valence-electron chi connectivity index (χ1n) is 12.0. The monoisotopic (exact) mass is 501 g/mol. The molecule has 1 amide bonds. The second-order valence-electron chi connectivity index (χ2n) is 9.94. The Labute approximate surface area is 214 Å². The Kier molecular flexibility index (Phi) is 6.40. The molecule has 8 nitrogen and oxygen atoms in total. The highest BCUT2D eigenvalue weighted by Gasteiger charge is 2.23. The van der Waals surface area contributed by atoms with Crippen molar-refractivity contribution < 1.29 is 4.79 Å². The summed E-state index contributed by atoms with van der Waals surface area (Å²) in [5.74, 6) is 0.811. The van der Waals surface area contributed by atoms with Crippen molar-refractivity contribution in [1.82, 2.24) is 24.9 Å². The van der Waals surface area contributed by atoms with Gasteiger partial charge in [0.25, 0.3) is 0 Å². The van der Waals surface area contributed by atoms with Gasteiger partial charge in [0.2, 0.25) is 16.0 Å². The molecule has 2 aromatic carbocycles. The highest BCUT2D eigenvalue weighted by Crippen LogP contribution is 2.34. The number of rotatable bonds is 8. The van der Waals surface area contributed by atoms with Crippen molar-refractivity contribution in [3.63, 3.8) is 0 Å². The number of carbonyl (C=O) groups is 1. The summed E-state index contributed by atoms with van der Waals surface area (Å²) in [6.45, 7) is 7.14. The zero-order valence-electron chi connectivity index (χ0n) is 21.0. The predicted molar refractivity (Wildman–Crippen MR) is 148 cm³/mol. The number of carbonyl (C=O) groups excluding carboxylic acids is 1. The average Bonchev–Trinajstić information content (AvgIpc) is 3.53. The maximum absolute atomic E-state index is 12.6. The number of para-hydroxylation sites is 1. The largest absolute Gasteiger partial charge is 0.364 e. The summed E-state index contributed by atoms with van der Waals surface area (Å²) in [6, 6.07) is 18.3. The molecule has 3 heterocycles. The summed E-state index contributed by atoms with van der Waals surface area (Å²) in [6.07, 6.45) is 2.79. The lowest BCUT2D eigenvalue weighted by molar-refractivity contribution is -0.119. The van der Waals surface area contributed by atoms with Crippen molar-refractivity contribution in [2.24, 2.45) is 0 Å². The SMILES string of the molecule is CN(CC(=O)NCCc1c[nH]c2ccccc12)c1nn2c(NC(C)(C)C)c(-c3ccccc3)nc2s1. The first-order valence-corrected chi connectivity index (χ1v) is 12.9. The molecule has 36 heavy (non-hydrogen) atoms. The van der Waals surface area contributed by atoms with Crippen LogP contribution in [0, 0.1) is 0 Å². The molecule has 5 rings (SSSR count). The number of anilines is 2. The number of hydrogen-bond acceptors (Lipinski definition) is 6. The number of H-pyrrole nitrogens is 1. The number of aromatic amines is 1. The lowest BCUT2D eigenvalue weighted by atomic mass is 10.1. The van der Waals surface area contributed by atoms with Gasteiger partial charge in [0.1, 0.15) is 5.69 Å². The Morgan fingerprint density at radius 2 is 1.86 bits per heavy atom. The second kappa shape index (κ2) is 9.66. The van der Waals surface area contributed by atoms with Crippen molar-refractivity contribution in [3.05, 3.63) is 66.4 Å². The summed E-state index contributed by atoms with van der Waals surface area (Å²) < 4.78 is 1.85. The number of amides is 1. The minimum absolute atomic E-state index is 0.0387. The fraction of sp³-hybridized carbons (Fsp3) is 0.296. The Morgan fingerprint density at radius 3 is 2.64 bits per heavy atom. The lowest BCUT2D eigenvalue weighted by Gasteiger charge is -2.22. The van der Waals surface area contributed by atoms with Crippen LogP contribution in [0.5, 0.6) is 0 Å². The molecule has 186 valence electrons. The normalized spacial score (nSPS) is 11.8. The number of nitrogens with zero attached hydrogens (tertiary/aromatic N) is 4. The summed E-state index contributed by atoms with van der Waals surface area (Å²) in [5.41, 5.74) is 4.05. The molecule has 0 saturated carbocycles. The summed E-state index contributed by atoms with van der Waals surface area (Å²) >= 11 is 1.47. The van der Waals surface area contributed by atoms with Crippen LogP contribution in [0.15, 0.2) is 60.8 Å². The van der Waals surface area contributed by atoms with Crippen LogP contribution in [-0.2, 0) is 11.2 Å². The Morgan fingerprint density at radius 1 is 1.11 bits per heavy atom. The standard InChI is InChI=1S/C27H31N7OS/c1-27(2,3)31-24-23(18-10-6-5-7-11-18)30-25-34(24)32-26(36-25)33(4)17-22(35)28-15-14-19-16-29-21-13-9-8-12-20(19)21/h5-13,16,29,31H,14-15,17H2,1-4H3,(H,28,35). The highest BCUT2D eigenvalue weighted by atomic mass is 32.1. The molecule has 0 atom stereocenters. The summed E-state index contributed by atoms with van der Waals surface area (Å²) in [5, 5.41) is 13.3. The fourth-order valence-corrected chi connectivity index (χ4v) is 5.03. The third-order valence-corrected chi connectivity index (χ3v) is 6.85. The van der Waals surface area contributed by atoms with E-state index in [2.05, 4.69) is 48.5 Å². The fourth-order valence-electron chi connectivity index (χ4n) is 4.17. The molecule has 0 aliphatic heterocycles. The van der Waals surface area contributed by atoms with Crippen LogP contribution in [0.2, 0.25) is 0 Å². The second-order valence-corrected chi connectivity index (χ2v) is 10.9. The van der Waals surface area contributed by atoms with Gasteiger partial charge < -0.3 is 20.5 Å². The van der Waals surface area contributed by atoms with Gasteiger partial charge in [0.15, 0.2) is 5.82 Å². The first kappa shape index (κ1) is 23.9. The number of imidazole rings is 1. The van der Waals surface area contributed by atoms with Crippen LogP contribution in [0.1, 0.15) is 26.3 Å². The third kappa shape index (κ3) is 5.06. The molecule has 0 aliphatic rings. The highest BCUT2D eigenvalue weighted by molar-refractivity contribution is 7.20. The quantitative estimate of drug-likeness (QED) is 0.280. The summed E-state index contributed by atoms with van der Waals surface area (Å²) in [7, 11) is 1.88. The van der Waals surface area contributed by atoms with E-state index < -0.39 is 0 Å². The Hall–Kier alpha value is -3.85. The van der Waals surface area contributed by atoms with Gasteiger partial charge in [-0.15, -0.1) is 5.10 Å². The predicted octanol–water partition coefficient (Wildman–Crippen LogP) is 4.94. The van der Waals surface area contributed by atoms with Crippen LogP contribution in [-0.4, -0.2) is 51.2 Å². The van der Waals surface area contributed by atoms with E-state index in [1.807, 2.05) is 65.1 Å². The Balaban J connectivity index is 1.27. The van der Waals surface area contributed by atoms with Crippen molar-refractivity contribution >= 4 is 44.1 Å². The number of hydrogen-bond donors (Lipinski definition) is 3. The molecule has 9 heteroatoms. The van der Waals surface area contributed by atoms with E-state index in [9.17, 15) is 4.79 Å². The van der Waals surface area contributed by atoms with E-state index in [0.717, 1.165) is 39.1 Å². The van der Waals surface area contributed by atoms with E-state index in [0.29, 0.717) is 6.54 Å². The molecule has 0 radical (unpaired) electrons. The zero-order chi connectivity index (χ0) is 25.3. The molecule has 0 aliphatic carbocycles. The van der Waals surface area contributed by atoms with E-state index in [1.165, 1.54) is 22.3 Å². The van der Waals surface area contributed by atoms with Gasteiger partial charge in [-0.05, 0) is 38.8 Å². The van der Waals surface area contributed by atoms with Gasteiger partial charge in [-0.1, -0.05) is 59.9 Å². The number of aromatic nitrogens is 4. The molecule has 3 aromatic heterocycles. The lowest BCUT2D eigenvalue weighted by Crippen LogP contribution is -2.36. The molecule has 0 spiro atoms. The van der Waals surface area contributed by atoms with Crippen LogP contribution in [0.3, 0.4) is 0 Å². The molecular formula is C27H31N7OS. The molecule has 0 fully saturated rings. The van der Waals surface area contributed by atoms with E-state index in [1.54, 1.807) is 0 Å². The minimum atomic E-state index is -0.167. The smallest absolute Gasteiger partial charge is 0.239 e. The van der Waals surface area contributed by atoms with E-state index in [4.69, 9.17) is 10.1 Å². The van der Waals surface area contributed by atoms with Crippen LogP contribution >= 0.6 is 11.3 Å². The number of fused-ring (bicyclic) bond motifs is 2. The molecule has 0 unspecified atom stereocenters. The molecule has 0 bridgehead atoms. The maximum Gasteiger partial charge on any atom is 0.239 e. The van der Waals surface area contributed by atoms with Crippen LogP contribution in [0.25, 0.3) is 27.1 Å². The zero-order valence-corrected chi connectivity index (χ0v) is 21.8. The van der Waals surface area contributed by atoms with Gasteiger partial charge >= 0.3 is 0 Å². The molecule has 5 aromatic rings. The van der Waals surface area contributed by atoms with Crippen molar-refractivity contribution in [1.29, 1.82) is 0 Å².